The van der Waals surface area contributed by atoms with Crippen LogP contribution in [0.5, 0.6) is 0 Å². The van der Waals surface area contributed by atoms with Crippen molar-refractivity contribution >= 4 is 5.97 Å². The Kier molecular flexibility index (Phi) is 3.73. The number of carboxylic acid groups (broad SMARTS) is 1. The molecule has 0 bridgehead atoms. The van der Waals surface area contributed by atoms with Gasteiger partial charge in [0.05, 0.1) is 6.42 Å². The van der Waals surface area contributed by atoms with Crippen LogP contribution in [-0.4, -0.2) is 25.8 Å². The average molecular weight is 285 g/mol. The van der Waals surface area contributed by atoms with Crippen LogP contribution in [0.2, 0.25) is 0 Å². The SMILES string of the molecule is CCn1c(CCC(=O)O)nnc1C1Cc2ccccc2C1. The number of hydrogen-bond acceptors (Lipinski definition) is 3. The molecule has 0 aliphatic heterocycles. The van der Waals surface area contributed by atoms with Crippen molar-refractivity contribution in [1.82, 2.24) is 14.8 Å². The van der Waals surface area contributed by atoms with Gasteiger partial charge in [0.1, 0.15) is 11.6 Å². The molecule has 0 amide bonds. The number of carboxylic acids is 1. The van der Waals surface area contributed by atoms with Gasteiger partial charge in [-0.2, -0.15) is 0 Å². The molecule has 3 rings (SSSR count). The van der Waals surface area contributed by atoms with E-state index in [1.54, 1.807) is 0 Å². The fourth-order valence-electron chi connectivity index (χ4n) is 3.14. The third kappa shape index (κ3) is 2.68. The second-order valence-electron chi connectivity index (χ2n) is 5.49. The van der Waals surface area contributed by atoms with Crippen LogP contribution < -0.4 is 0 Å². The lowest BCUT2D eigenvalue weighted by atomic mass is 10.1. The molecule has 1 aromatic heterocycles. The van der Waals surface area contributed by atoms with Gasteiger partial charge in [0, 0.05) is 18.9 Å². The molecule has 1 N–H and O–H groups in total. The minimum Gasteiger partial charge on any atom is -0.481 e. The van der Waals surface area contributed by atoms with E-state index in [9.17, 15) is 4.79 Å². The van der Waals surface area contributed by atoms with Crippen molar-refractivity contribution in [2.45, 2.75) is 45.1 Å². The fourth-order valence-corrected chi connectivity index (χ4v) is 3.14. The third-order valence-corrected chi connectivity index (χ3v) is 4.15. The number of aliphatic carboxylic acids is 1. The summed E-state index contributed by atoms with van der Waals surface area (Å²) in [6.45, 7) is 2.84. The zero-order chi connectivity index (χ0) is 14.8. The number of carbonyl (C=O) groups is 1. The van der Waals surface area contributed by atoms with E-state index in [-0.39, 0.29) is 6.42 Å². The highest BCUT2D eigenvalue weighted by atomic mass is 16.4. The van der Waals surface area contributed by atoms with Crippen LogP contribution in [0.1, 0.15) is 42.0 Å². The maximum atomic E-state index is 10.7. The Bertz CT molecular complexity index is 638. The van der Waals surface area contributed by atoms with E-state index in [1.807, 2.05) is 0 Å². The average Bonchev–Trinajstić information content (AvgIpc) is 3.07. The first kappa shape index (κ1) is 13.8. The van der Waals surface area contributed by atoms with Crippen molar-refractivity contribution in [2.75, 3.05) is 0 Å². The van der Waals surface area contributed by atoms with Crippen LogP contribution in [0.4, 0.5) is 0 Å². The van der Waals surface area contributed by atoms with Crippen molar-refractivity contribution in [3.63, 3.8) is 0 Å². The number of fused-ring (bicyclic) bond motifs is 1. The zero-order valence-electron chi connectivity index (χ0n) is 12.1. The van der Waals surface area contributed by atoms with Gasteiger partial charge in [0.2, 0.25) is 0 Å². The summed E-state index contributed by atoms with van der Waals surface area (Å²) in [5.41, 5.74) is 2.78. The van der Waals surface area contributed by atoms with E-state index in [4.69, 9.17) is 5.11 Å². The van der Waals surface area contributed by atoms with Crippen LogP contribution in [0.25, 0.3) is 0 Å². The van der Waals surface area contributed by atoms with Gasteiger partial charge in [-0.05, 0) is 30.9 Å². The van der Waals surface area contributed by atoms with Gasteiger partial charge in [0.25, 0.3) is 0 Å². The summed E-state index contributed by atoms with van der Waals surface area (Å²) >= 11 is 0. The van der Waals surface area contributed by atoms with Crippen molar-refractivity contribution in [1.29, 1.82) is 0 Å². The Morgan fingerprint density at radius 2 is 1.95 bits per heavy atom. The highest BCUT2D eigenvalue weighted by molar-refractivity contribution is 5.66. The Morgan fingerprint density at radius 1 is 1.29 bits per heavy atom. The molecule has 0 fully saturated rings. The van der Waals surface area contributed by atoms with Crippen LogP contribution in [0.3, 0.4) is 0 Å². The van der Waals surface area contributed by atoms with Crippen molar-refractivity contribution in [3.05, 3.63) is 47.0 Å². The minimum atomic E-state index is -0.796. The monoisotopic (exact) mass is 285 g/mol. The van der Waals surface area contributed by atoms with Gasteiger partial charge < -0.3 is 9.67 Å². The Labute approximate surface area is 123 Å². The van der Waals surface area contributed by atoms with Crippen LogP contribution in [-0.2, 0) is 30.6 Å². The molecule has 1 aliphatic carbocycles. The molecule has 1 heterocycles. The summed E-state index contributed by atoms with van der Waals surface area (Å²) in [7, 11) is 0. The molecule has 0 spiro atoms. The second kappa shape index (κ2) is 5.68. The van der Waals surface area contributed by atoms with E-state index in [0.717, 1.165) is 31.0 Å². The first-order valence-electron chi connectivity index (χ1n) is 7.39. The van der Waals surface area contributed by atoms with Crippen molar-refractivity contribution in [3.8, 4) is 0 Å². The number of benzene rings is 1. The van der Waals surface area contributed by atoms with Gasteiger partial charge in [-0.15, -0.1) is 10.2 Å². The molecule has 21 heavy (non-hydrogen) atoms. The van der Waals surface area contributed by atoms with Gasteiger partial charge in [-0.1, -0.05) is 24.3 Å². The van der Waals surface area contributed by atoms with Crippen molar-refractivity contribution < 1.29 is 9.90 Å². The maximum absolute atomic E-state index is 10.7. The number of aryl methyl sites for hydroxylation is 1. The summed E-state index contributed by atoms with van der Waals surface area (Å²) < 4.78 is 2.08. The van der Waals surface area contributed by atoms with E-state index < -0.39 is 5.97 Å². The van der Waals surface area contributed by atoms with E-state index >= 15 is 0 Å². The van der Waals surface area contributed by atoms with Crippen LogP contribution in [0, 0.1) is 0 Å². The topological polar surface area (TPSA) is 68.0 Å². The Balaban J connectivity index is 1.82. The Morgan fingerprint density at radius 3 is 2.52 bits per heavy atom. The highest BCUT2D eigenvalue weighted by Crippen LogP contribution is 2.33. The van der Waals surface area contributed by atoms with E-state index in [0.29, 0.717) is 12.3 Å². The molecule has 0 radical (unpaired) electrons. The quantitative estimate of drug-likeness (QED) is 0.914. The molecule has 1 aromatic carbocycles. The zero-order valence-corrected chi connectivity index (χ0v) is 12.1. The molecule has 2 aromatic rings. The maximum Gasteiger partial charge on any atom is 0.303 e. The van der Waals surface area contributed by atoms with Crippen LogP contribution >= 0.6 is 0 Å². The van der Waals surface area contributed by atoms with Gasteiger partial charge in [-0.3, -0.25) is 4.79 Å². The number of aromatic nitrogens is 3. The van der Waals surface area contributed by atoms with Gasteiger partial charge in [0.15, 0.2) is 0 Å². The standard InChI is InChI=1S/C16H19N3O2/c1-2-19-14(7-8-15(20)21)17-18-16(19)13-9-11-5-3-4-6-12(11)10-13/h3-6,13H,2,7-10H2,1H3,(H,20,21). The van der Waals surface area contributed by atoms with E-state index in [2.05, 4.69) is 46.0 Å². The first-order chi connectivity index (χ1) is 10.2. The number of hydrogen-bond donors (Lipinski definition) is 1. The predicted molar refractivity (Wildman–Crippen MR) is 78.2 cm³/mol. The highest BCUT2D eigenvalue weighted by Gasteiger charge is 2.27. The molecular weight excluding hydrogens is 266 g/mol. The number of rotatable bonds is 5. The fraction of sp³-hybridized carbons (Fsp3) is 0.438. The largest absolute Gasteiger partial charge is 0.481 e. The molecular formula is C16H19N3O2. The minimum absolute atomic E-state index is 0.100. The lowest BCUT2D eigenvalue weighted by Crippen LogP contribution is -2.12. The molecule has 0 saturated heterocycles. The molecule has 110 valence electrons. The van der Waals surface area contributed by atoms with Crippen LogP contribution in [0.15, 0.2) is 24.3 Å². The van der Waals surface area contributed by atoms with Gasteiger partial charge >= 0.3 is 5.97 Å². The molecule has 1 aliphatic rings. The lowest BCUT2D eigenvalue weighted by Gasteiger charge is -2.11. The van der Waals surface area contributed by atoms with Gasteiger partial charge in [-0.25, -0.2) is 0 Å². The molecule has 5 nitrogen and oxygen atoms in total. The first-order valence-corrected chi connectivity index (χ1v) is 7.39. The molecule has 0 saturated carbocycles. The molecule has 0 atom stereocenters. The normalized spacial score (nSPS) is 14.3. The van der Waals surface area contributed by atoms with E-state index in [1.165, 1.54) is 11.1 Å². The Hall–Kier alpha value is -2.17. The summed E-state index contributed by atoms with van der Waals surface area (Å²) in [5, 5.41) is 17.4. The summed E-state index contributed by atoms with van der Waals surface area (Å²) in [6, 6.07) is 8.49. The smallest absolute Gasteiger partial charge is 0.303 e. The predicted octanol–water partition coefficient (Wildman–Crippen LogP) is 2.20. The number of nitrogens with zero attached hydrogens (tertiary/aromatic N) is 3. The summed E-state index contributed by atoms with van der Waals surface area (Å²) in [4.78, 5) is 10.7. The second-order valence-corrected chi connectivity index (χ2v) is 5.49. The molecule has 5 heteroatoms. The van der Waals surface area contributed by atoms with Crippen molar-refractivity contribution in [2.24, 2.45) is 0 Å². The lowest BCUT2D eigenvalue weighted by molar-refractivity contribution is -0.137. The summed E-state index contributed by atoms with van der Waals surface area (Å²) in [6.07, 6.45) is 2.53. The summed E-state index contributed by atoms with van der Waals surface area (Å²) in [5.74, 6) is 1.34. The molecule has 0 unspecified atom stereocenters. The third-order valence-electron chi connectivity index (χ3n) is 4.15.